The van der Waals surface area contributed by atoms with Crippen molar-refractivity contribution in [3.8, 4) is 0 Å². The Morgan fingerprint density at radius 1 is 1.78 bits per heavy atom. The van der Waals surface area contributed by atoms with Gasteiger partial charge in [-0.25, -0.2) is 0 Å². The lowest BCUT2D eigenvalue weighted by Crippen LogP contribution is -1.79. The molecule has 0 amide bonds. The van der Waals surface area contributed by atoms with Crippen molar-refractivity contribution < 1.29 is 4.79 Å². The molecule has 9 heavy (non-hydrogen) atoms. The van der Waals surface area contributed by atoms with Crippen LogP contribution in [0.4, 0.5) is 0 Å². The van der Waals surface area contributed by atoms with E-state index in [4.69, 9.17) is 0 Å². The molecule has 0 bridgehead atoms. The first-order chi connectivity index (χ1) is 4.25. The molecule has 0 fully saturated rings. The van der Waals surface area contributed by atoms with E-state index in [2.05, 4.69) is 20.3 Å². The number of aldehydes is 1. The van der Waals surface area contributed by atoms with Gasteiger partial charge in [0.2, 0.25) is 0 Å². The fraction of sp³-hybridized carbons (Fsp3) is 0.200. The second kappa shape index (κ2) is 2.58. The molecule has 0 N–H and O–H groups in total. The second-order valence-electron chi connectivity index (χ2n) is 1.57. The van der Waals surface area contributed by atoms with Gasteiger partial charge in [0.15, 0.2) is 6.29 Å². The van der Waals surface area contributed by atoms with Crippen LogP contribution in [-0.4, -0.2) is 10.7 Å². The quantitative estimate of drug-likeness (QED) is 0.658. The van der Waals surface area contributed by atoms with Crippen molar-refractivity contribution in [2.24, 2.45) is 0 Å². The highest BCUT2D eigenvalue weighted by atomic mass is 79.9. The molecule has 4 heteroatoms. The lowest BCUT2D eigenvalue weighted by molar-refractivity contribution is 0.112. The van der Waals surface area contributed by atoms with E-state index in [1.54, 1.807) is 0 Å². The monoisotopic (exact) mass is 205 g/mol. The number of carbonyl (C=O) groups excluding carboxylic acids is 1. The Balaban J connectivity index is 3.22. The van der Waals surface area contributed by atoms with Crippen molar-refractivity contribution >= 4 is 33.7 Å². The average molecular weight is 206 g/mol. The molecule has 0 atom stereocenters. The summed E-state index contributed by atoms with van der Waals surface area (Å²) in [7, 11) is 0. The van der Waals surface area contributed by atoms with Crippen LogP contribution in [0.1, 0.15) is 16.1 Å². The van der Waals surface area contributed by atoms with Crippen molar-refractivity contribution in [1.29, 1.82) is 0 Å². The Hall–Kier alpha value is -0.220. The minimum atomic E-state index is 0.667. The molecule has 1 heterocycles. The Bertz CT molecular complexity index is 213. The topological polar surface area (TPSA) is 30.0 Å². The predicted octanol–water partition coefficient (Wildman–Crippen LogP) is 2.03. The molecule has 0 spiro atoms. The van der Waals surface area contributed by atoms with E-state index in [0.717, 1.165) is 15.8 Å². The minimum absolute atomic E-state index is 0.667. The van der Waals surface area contributed by atoms with Gasteiger partial charge in [0.05, 0.1) is 11.3 Å². The van der Waals surface area contributed by atoms with Gasteiger partial charge in [-0.1, -0.05) is 0 Å². The van der Waals surface area contributed by atoms with Gasteiger partial charge in [0.25, 0.3) is 0 Å². The van der Waals surface area contributed by atoms with Crippen LogP contribution < -0.4 is 0 Å². The summed E-state index contributed by atoms with van der Waals surface area (Å²) in [6.45, 7) is 1.81. The van der Waals surface area contributed by atoms with E-state index >= 15 is 0 Å². The highest BCUT2D eigenvalue weighted by Crippen LogP contribution is 2.22. The van der Waals surface area contributed by atoms with E-state index in [1.807, 2.05) is 6.92 Å². The summed E-state index contributed by atoms with van der Waals surface area (Å²) in [6, 6.07) is 0. The lowest BCUT2D eigenvalue weighted by atomic mass is 10.3. The smallest absolute Gasteiger partial charge is 0.153 e. The molecule has 0 aliphatic carbocycles. The Kier molecular flexibility index (Phi) is 1.97. The first kappa shape index (κ1) is 6.89. The summed E-state index contributed by atoms with van der Waals surface area (Å²) in [4.78, 5) is 10.2. The molecular formula is C5H4BrNOS. The number of aromatic nitrogens is 1. The van der Waals surface area contributed by atoms with E-state index in [-0.39, 0.29) is 0 Å². The first-order valence-corrected chi connectivity index (χ1v) is 3.89. The third kappa shape index (κ3) is 1.19. The molecule has 1 rings (SSSR count). The third-order valence-electron chi connectivity index (χ3n) is 0.982. The molecule has 0 unspecified atom stereocenters. The fourth-order valence-corrected chi connectivity index (χ4v) is 1.69. The van der Waals surface area contributed by atoms with Gasteiger partial charge in [0, 0.05) is 0 Å². The standard InChI is InChI=1S/C5H4BrNOS/c1-3-4(2-8)5(6)9-7-3/h2H,1H3. The van der Waals surface area contributed by atoms with Crippen LogP contribution in [0.25, 0.3) is 0 Å². The lowest BCUT2D eigenvalue weighted by Gasteiger charge is -1.81. The highest BCUT2D eigenvalue weighted by Gasteiger charge is 2.04. The first-order valence-electron chi connectivity index (χ1n) is 2.32. The predicted molar refractivity (Wildman–Crippen MR) is 39.9 cm³/mol. The zero-order valence-electron chi connectivity index (χ0n) is 4.72. The molecule has 1 aromatic rings. The van der Waals surface area contributed by atoms with Crippen molar-refractivity contribution in [2.45, 2.75) is 6.92 Å². The number of hydrogen-bond acceptors (Lipinski definition) is 3. The average Bonchev–Trinajstić information content (AvgIpc) is 2.12. The summed E-state index contributed by atoms with van der Waals surface area (Å²) in [5.74, 6) is 0. The number of nitrogens with zero attached hydrogens (tertiary/aromatic N) is 1. The SMILES string of the molecule is Cc1nsc(Br)c1C=O. The third-order valence-corrected chi connectivity index (χ3v) is 2.59. The van der Waals surface area contributed by atoms with Crippen LogP contribution in [0.2, 0.25) is 0 Å². The maximum atomic E-state index is 10.2. The molecule has 0 aliphatic heterocycles. The molecular weight excluding hydrogens is 202 g/mol. The van der Waals surface area contributed by atoms with E-state index in [9.17, 15) is 4.79 Å². The maximum Gasteiger partial charge on any atom is 0.153 e. The van der Waals surface area contributed by atoms with Gasteiger partial charge < -0.3 is 0 Å². The Labute approximate surface area is 65.2 Å². The molecule has 2 nitrogen and oxygen atoms in total. The number of aryl methyl sites for hydroxylation is 1. The molecule has 0 aliphatic rings. The van der Waals surface area contributed by atoms with Crippen LogP contribution >= 0.6 is 27.5 Å². The summed E-state index contributed by atoms with van der Waals surface area (Å²) in [6.07, 6.45) is 0.808. The van der Waals surface area contributed by atoms with Crippen LogP contribution in [-0.2, 0) is 0 Å². The summed E-state index contributed by atoms with van der Waals surface area (Å²) >= 11 is 4.49. The van der Waals surface area contributed by atoms with Gasteiger partial charge >= 0.3 is 0 Å². The van der Waals surface area contributed by atoms with Gasteiger partial charge in [-0.05, 0) is 34.4 Å². The molecule has 1 aromatic heterocycles. The zero-order valence-corrected chi connectivity index (χ0v) is 7.12. The summed E-state index contributed by atoms with van der Waals surface area (Å²) in [5.41, 5.74) is 1.46. The van der Waals surface area contributed by atoms with Crippen LogP contribution in [0.3, 0.4) is 0 Å². The minimum Gasteiger partial charge on any atom is -0.298 e. The molecule has 0 saturated heterocycles. The number of carbonyl (C=O) groups is 1. The largest absolute Gasteiger partial charge is 0.298 e. The van der Waals surface area contributed by atoms with Gasteiger partial charge in [-0.15, -0.1) is 0 Å². The van der Waals surface area contributed by atoms with Crippen LogP contribution in [0.5, 0.6) is 0 Å². The normalized spacial score (nSPS) is 9.56. The van der Waals surface area contributed by atoms with Gasteiger partial charge in [0.1, 0.15) is 3.79 Å². The zero-order chi connectivity index (χ0) is 6.85. The van der Waals surface area contributed by atoms with E-state index in [1.165, 1.54) is 11.5 Å². The number of rotatable bonds is 1. The Morgan fingerprint density at radius 2 is 2.44 bits per heavy atom. The summed E-state index contributed by atoms with van der Waals surface area (Å²) in [5, 5.41) is 0. The fourth-order valence-electron chi connectivity index (χ4n) is 0.481. The maximum absolute atomic E-state index is 10.2. The molecule has 48 valence electrons. The highest BCUT2D eigenvalue weighted by molar-refractivity contribution is 9.11. The van der Waals surface area contributed by atoms with Crippen LogP contribution in [0.15, 0.2) is 3.79 Å². The van der Waals surface area contributed by atoms with Crippen molar-refractivity contribution in [2.75, 3.05) is 0 Å². The molecule has 0 aromatic carbocycles. The van der Waals surface area contributed by atoms with Crippen molar-refractivity contribution in [3.63, 3.8) is 0 Å². The molecule has 0 saturated carbocycles. The number of halogens is 1. The van der Waals surface area contributed by atoms with E-state index < -0.39 is 0 Å². The van der Waals surface area contributed by atoms with Crippen LogP contribution in [0, 0.1) is 6.92 Å². The van der Waals surface area contributed by atoms with Gasteiger partial charge in [-0.2, -0.15) is 4.37 Å². The van der Waals surface area contributed by atoms with Gasteiger partial charge in [-0.3, -0.25) is 4.79 Å². The molecule has 0 radical (unpaired) electrons. The van der Waals surface area contributed by atoms with Crippen molar-refractivity contribution in [3.05, 3.63) is 15.0 Å². The van der Waals surface area contributed by atoms with Crippen molar-refractivity contribution in [1.82, 2.24) is 4.37 Å². The second-order valence-corrected chi connectivity index (χ2v) is 3.66. The number of hydrogen-bond donors (Lipinski definition) is 0. The summed E-state index contributed by atoms with van der Waals surface area (Å²) < 4.78 is 4.77. The Morgan fingerprint density at radius 3 is 2.67 bits per heavy atom. The van der Waals surface area contributed by atoms with E-state index in [0.29, 0.717) is 5.56 Å².